The zero-order valence-corrected chi connectivity index (χ0v) is 4.70. The second-order valence-electron chi connectivity index (χ2n) is 1.38. The van der Waals surface area contributed by atoms with Crippen LogP contribution in [0.4, 0.5) is 8.78 Å². The van der Waals surface area contributed by atoms with Crippen LogP contribution in [0.1, 0.15) is 6.92 Å². The normalized spacial score (nSPS) is 11.0. The average Bonchev–Trinajstić information content (AvgIpc) is 1.67. The zero-order chi connectivity index (χ0) is 6.57. The van der Waals surface area contributed by atoms with Crippen molar-refractivity contribution in [2.75, 3.05) is 0 Å². The maximum atomic E-state index is 11.5. The highest BCUT2D eigenvalue weighted by Gasteiger charge is 2.01. The minimum atomic E-state index is -2.41. The first-order valence-electron chi connectivity index (χ1n) is 2.28. The smallest absolute Gasteiger partial charge is 0.205 e. The van der Waals surface area contributed by atoms with E-state index < -0.39 is 6.43 Å². The molecule has 8 heavy (non-hydrogen) atoms. The Balaban J connectivity index is 3.66. The van der Waals surface area contributed by atoms with Gasteiger partial charge in [0.05, 0.1) is 0 Å². The Morgan fingerprint density at radius 2 is 2.12 bits per heavy atom. The Morgan fingerprint density at radius 1 is 1.62 bits per heavy atom. The van der Waals surface area contributed by atoms with Crippen LogP contribution in [0.3, 0.4) is 0 Å². The number of allylic oxidation sites excluding steroid dienone is 3. The second kappa shape index (κ2) is 3.36. The second-order valence-corrected chi connectivity index (χ2v) is 1.38. The zero-order valence-electron chi connectivity index (χ0n) is 4.70. The van der Waals surface area contributed by atoms with Crippen molar-refractivity contribution in [2.45, 2.75) is 13.3 Å². The Morgan fingerprint density at radius 3 is 2.25 bits per heavy atom. The van der Waals surface area contributed by atoms with Gasteiger partial charge in [0.15, 0.2) is 0 Å². The lowest BCUT2D eigenvalue weighted by Crippen LogP contribution is -1.89. The van der Waals surface area contributed by atoms with E-state index in [1.807, 2.05) is 0 Å². The molecular formula is C6H8F2. The number of halogens is 2. The van der Waals surface area contributed by atoms with Gasteiger partial charge < -0.3 is 0 Å². The summed E-state index contributed by atoms with van der Waals surface area (Å²) in [5, 5.41) is 0. The fraction of sp³-hybridized carbons (Fsp3) is 0.333. The van der Waals surface area contributed by atoms with Crippen LogP contribution in [0.25, 0.3) is 0 Å². The maximum Gasteiger partial charge on any atom is 0.263 e. The molecule has 0 amide bonds. The van der Waals surface area contributed by atoms with Crippen molar-refractivity contribution in [2.24, 2.45) is 0 Å². The van der Waals surface area contributed by atoms with Crippen LogP contribution in [-0.4, -0.2) is 6.43 Å². The number of rotatable bonds is 2. The molecule has 0 aliphatic heterocycles. The lowest BCUT2D eigenvalue weighted by molar-refractivity contribution is 0.194. The first-order valence-corrected chi connectivity index (χ1v) is 2.28. The van der Waals surface area contributed by atoms with Gasteiger partial charge >= 0.3 is 0 Å². The monoisotopic (exact) mass is 118 g/mol. The van der Waals surface area contributed by atoms with Gasteiger partial charge in [-0.15, -0.1) is 0 Å². The van der Waals surface area contributed by atoms with E-state index in [0.717, 1.165) is 0 Å². The fourth-order valence-corrected chi connectivity index (χ4v) is 0.287. The van der Waals surface area contributed by atoms with Crippen LogP contribution in [0.5, 0.6) is 0 Å². The van der Waals surface area contributed by atoms with Gasteiger partial charge in [0.1, 0.15) is 0 Å². The largest absolute Gasteiger partial charge is 0.263 e. The van der Waals surface area contributed by atoms with Crippen molar-refractivity contribution in [3.05, 3.63) is 24.3 Å². The summed E-state index contributed by atoms with van der Waals surface area (Å²) in [5.41, 5.74) is -0.132. The van der Waals surface area contributed by atoms with E-state index in [0.29, 0.717) is 0 Å². The van der Waals surface area contributed by atoms with Gasteiger partial charge in [-0.1, -0.05) is 18.7 Å². The van der Waals surface area contributed by atoms with Gasteiger partial charge in [0.2, 0.25) is 0 Å². The molecule has 0 aromatic carbocycles. The highest BCUT2D eigenvalue weighted by Crippen LogP contribution is 2.05. The van der Waals surface area contributed by atoms with E-state index in [-0.39, 0.29) is 5.57 Å². The molecule has 0 aromatic rings. The third-order valence-corrected chi connectivity index (χ3v) is 0.661. The molecule has 0 fully saturated rings. The van der Waals surface area contributed by atoms with Crippen molar-refractivity contribution in [3.63, 3.8) is 0 Å². The molecule has 0 rings (SSSR count). The van der Waals surface area contributed by atoms with Gasteiger partial charge in [-0.25, -0.2) is 8.78 Å². The summed E-state index contributed by atoms with van der Waals surface area (Å²) in [6.07, 6.45) is 0.422. The summed E-state index contributed by atoms with van der Waals surface area (Å²) in [4.78, 5) is 0. The Kier molecular flexibility index (Phi) is 3.08. The molecule has 2 heteroatoms. The SMILES string of the molecule is C=C(/C=C\C)C(F)F. The Labute approximate surface area is 47.5 Å². The van der Waals surface area contributed by atoms with Gasteiger partial charge in [-0.05, 0) is 6.92 Å². The summed E-state index contributed by atoms with van der Waals surface area (Å²) in [6.45, 7) is 4.78. The van der Waals surface area contributed by atoms with Crippen LogP contribution in [0.15, 0.2) is 24.3 Å². The van der Waals surface area contributed by atoms with Crippen molar-refractivity contribution in [1.82, 2.24) is 0 Å². The summed E-state index contributed by atoms with van der Waals surface area (Å²) in [6, 6.07) is 0. The van der Waals surface area contributed by atoms with Crippen LogP contribution in [0.2, 0.25) is 0 Å². The maximum absolute atomic E-state index is 11.5. The molecule has 0 atom stereocenters. The molecule has 0 saturated heterocycles. The van der Waals surface area contributed by atoms with Gasteiger partial charge in [0, 0.05) is 5.57 Å². The number of alkyl halides is 2. The molecule has 0 aliphatic rings. The molecule has 46 valence electrons. The predicted molar refractivity (Wildman–Crippen MR) is 30.0 cm³/mol. The molecular weight excluding hydrogens is 110 g/mol. The molecule has 0 N–H and O–H groups in total. The summed E-state index contributed by atoms with van der Waals surface area (Å²) in [7, 11) is 0. The van der Waals surface area contributed by atoms with Crippen LogP contribution in [0, 0.1) is 0 Å². The van der Waals surface area contributed by atoms with E-state index in [1.54, 1.807) is 6.92 Å². The van der Waals surface area contributed by atoms with Crippen LogP contribution in [-0.2, 0) is 0 Å². The van der Waals surface area contributed by atoms with E-state index in [1.165, 1.54) is 12.2 Å². The predicted octanol–water partition coefficient (Wildman–Crippen LogP) is 2.38. The Bertz CT molecular complexity index is 103. The number of hydrogen-bond donors (Lipinski definition) is 0. The third-order valence-electron chi connectivity index (χ3n) is 0.661. The summed E-state index contributed by atoms with van der Waals surface area (Å²) < 4.78 is 22.9. The minimum absolute atomic E-state index is 0.132. The third kappa shape index (κ3) is 2.50. The molecule has 0 unspecified atom stereocenters. The van der Waals surface area contributed by atoms with E-state index >= 15 is 0 Å². The van der Waals surface area contributed by atoms with Gasteiger partial charge in [-0.2, -0.15) is 0 Å². The first kappa shape index (κ1) is 7.34. The quantitative estimate of drug-likeness (QED) is 0.488. The first-order chi connectivity index (χ1) is 3.68. The van der Waals surface area contributed by atoms with E-state index in [2.05, 4.69) is 6.58 Å². The van der Waals surface area contributed by atoms with E-state index in [4.69, 9.17) is 0 Å². The molecule has 0 heterocycles. The lowest BCUT2D eigenvalue weighted by atomic mass is 10.3. The standard InChI is InChI=1S/C6H8F2/c1-3-4-5(2)6(7)8/h3-4,6H,2H2,1H3/b4-3-. The Hall–Kier alpha value is -0.660. The molecule has 0 spiro atoms. The summed E-state index contributed by atoms with van der Waals surface area (Å²) >= 11 is 0. The average molecular weight is 118 g/mol. The van der Waals surface area contributed by atoms with Crippen molar-refractivity contribution >= 4 is 0 Å². The van der Waals surface area contributed by atoms with Crippen molar-refractivity contribution in [3.8, 4) is 0 Å². The fourth-order valence-electron chi connectivity index (χ4n) is 0.287. The van der Waals surface area contributed by atoms with Gasteiger partial charge in [0.25, 0.3) is 6.43 Å². The highest BCUT2D eigenvalue weighted by molar-refractivity contribution is 5.15. The minimum Gasteiger partial charge on any atom is -0.205 e. The van der Waals surface area contributed by atoms with Gasteiger partial charge in [-0.3, -0.25) is 0 Å². The number of hydrogen-bond acceptors (Lipinski definition) is 0. The molecule has 0 aliphatic carbocycles. The van der Waals surface area contributed by atoms with E-state index in [9.17, 15) is 8.78 Å². The van der Waals surface area contributed by atoms with Crippen molar-refractivity contribution in [1.29, 1.82) is 0 Å². The molecule has 0 bridgehead atoms. The van der Waals surface area contributed by atoms with Crippen LogP contribution < -0.4 is 0 Å². The highest BCUT2D eigenvalue weighted by atomic mass is 19.3. The van der Waals surface area contributed by atoms with Crippen molar-refractivity contribution < 1.29 is 8.78 Å². The lowest BCUT2D eigenvalue weighted by Gasteiger charge is -1.92. The van der Waals surface area contributed by atoms with Crippen LogP contribution >= 0.6 is 0 Å². The topological polar surface area (TPSA) is 0 Å². The molecule has 0 saturated carbocycles. The molecule has 0 aromatic heterocycles. The molecule has 0 radical (unpaired) electrons. The summed E-state index contributed by atoms with van der Waals surface area (Å²) in [5.74, 6) is 0. The molecule has 0 nitrogen and oxygen atoms in total.